The Morgan fingerprint density at radius 3 is 2.50 bits per heavy atom. The molecular formula is C10H8BrCl2NO3S. The van der Waals surface area contributed by atoms with E-state index in [2.05, 4.69) is 27.8 Å². The molecule has 18 heavy (non-hydrogen) atoms. The summed E-state index contributed by atoms with van der Waals surface area (Å²) >= 11 is 8.62. The van der Waals surface area contributed by atoms with E-state index in [0.717, 1.165) is 0 Å². The van der Waals surface area contributed by atoms with Crippen molar-refractivity contribution in [2.75, 3.05) is 6.54 Å². The molecule has 0 atom stereocenters. The van der Waals surface area contributed by atoms with Crippen LogP contribution in [-0.4, -0.2) is 20.9 Å². The third kappa shape index (κ3) is 4.61. The molecule has 0 aliphatic rings. The highest BCUT2D eigenvalue weighted by molar-refractivity contribution is 9.10. The van der Waals surface area contributed by atoms with Crippen LogP contribution in [0.25, 0.3) is 0 Å². The maximum Gasteiger partial charge on any atom is 0.261 e. The highest BCUT2D eigenvalue weighted by Crippen LogP contribution is 2.22. The van der Waals surface area contributed by atoms with E-state index in [0.29, 0.717) is 4.47 Å². The van der Waals surface area contributed by atoms with Crippen molar-refractivity contribution < 1.29 is 13.2 Å². The van der Waals surface area contributed by atoms with Gasteiger partial charge in [0.05, 0.1) is 11.4 Å². The van der Waals surface area contributed by atoms with E-state index >= 15 is 0 Å². The topological polar surface area (TPSA) is 63.2 Å². The Morgan fingerprint density at radius 2 is 2.00 bits per heavy atom. The van der Waals surface area contributed by atoms with Crippen molar-refractivity contribution in [3.8, 4) is 0 Å². The van der Waals surface area contributed by atoms with Gasteiger partial charge in [-0.3, -0.25) is 4.79 Å². The lowest BCUT2D eigenvalue weighted by Crippen LogP contribution is -2.24. The lowest BCUT2D eigenvalue weighted by molar-refractivity contribution is 0.0957. The molecule has 0 saturated carbocycles. The number of rotatable bonds is 4. The molecule has 0 heterocycles. The molecule has 4 nitrogen and oxygen atoms in total. The Morgan fingerprint density at radius 1 is 1.39 bits per heavy atom. The van der Waals surface area contributed by atoms with E-state index in [1.165, 1.54) is 18.2 Å². The first-order chi connectivity index (χ1) is 8.20. The van der Waals surface area contributed by atoms with E-state index in [9.17, 15) is 13.2 Å². The highest BCUT2D eigenvalue weighted by atomic mass is 79.9. The van der Waals surface area contributed by atoms with Gasteiger partial charge in [0.15, 0.2) is 0 Å². The summed E-state index contributed by atoms with van der Waals surface area (Å²) in [6.07, 6.45) is 0. The summed E-state index contributed by atoms with van der Waals surface area (Å²) in [6.45, 7) is 3.51. The van der Waals surface area contributed by atoms with Crippen LogP contribution >= 0.6 is 38.2 Å². The van der Waals surface area contributed by atoms with Crippen molar-refractivity contribution in [2.24, 2.45) is 0 Å². The molecule has 0 fully saturated rings. The number of halogens is 3. The minimum atomic E-state index is -3.89. The quantitative estimate of drug-likeness (QED) is 0.826. The number of hydrogen-bond donors (Lipinski definition) is 1. The first kappa shape index (κ1) is 15.5. The Labute approximate surface area is 123 Å². The number of hydrogen-bond acceptors (Lipinski definition) is 3. The fourth-order valence-corrected chi connectivity index (χ4v) is 2.63. The summed E-state index contributed by atoms with van der Waals surface area (Å²) in [6, 6.07) is 3.96. The minimum Gasteiger partial charge on any atom is -0.347 e. The van der Waals surface area contributed by atoms with Gasteiger partial charge in [-0.15, -0.1) is 0 Å². The van der Waals surface area contributed by atoms with Crippen molar-refractivity contribution in [3.63, 3.8) is 0 Å². The maximum atomic E-state index is 11.7. The van der Waals surface area contributed by atoms with Crippen molar-refractivity contribution in [2.45, 2.75) is 4.90 Å². The van der Waals surface area contributed by atoms with Gasteiger partial charge in [-0.25, -0.2) is 8.42 Å². The molecule has 0 spiro atoms. The number of benzene rings is 1. The van der Waals surface area contributed by atoms with Gasteiger partial charge < -0.3 is 5.32 Å². The normalized spacial score (nSPS) is 11.1. The van der Waals surface area contributed by atoms with Gasteiger partial charge >= 0.3 is 0 Å². The lowest BCUT2D eigenvalue weighted by Gasteiger charge is -2.06. The van der Waals surface area contributed by atoms with E-state index in [4.69, 9.17) is 22.3 Å². The van der Waals surface area contributed by atoms with Crippen LogP contribution in [0, 0.1) is 0 Å². The summed E-state index contributed by atoms with van der Waals surface area (Å²) in [5, 5.41) is 2.74. The van der Waals surface area contributed by atoms with E-state index in [-0.39, 0.29) is 22.0 Å². The molecule has 0 aliphatic carbocycles. The van der Waals surface area contributed by atoms with Crippen molar-refractivity contribution in [1.82, 2.24) is 5.32 Å². The molecule has 0 aromatic heterocycles. The molecule has 98 valence electrons. The molecule has 1 N–H and O–H groups in total. The maximum absolute atomic E-state index is 11.7. The van der Waals surface area contributed by atoms with Crippen LogP contribution in [-0.2, 0) is 9.05 Å². The van der Waals surface area contributed by atoms with Gasteiger partial charge in [-0.1, -0.05) is 34.1 Å². The Kier molecular flexibility index (Phi) is 5.21. The van der Waals surface area contributed by atoms with Crippen LogP contribution in [0.15, 0.2) is 39.2 Å². The number of nitrogens with one attached hydrogen (secondary N) is 1. The standard InChI is InChI=1S/C10H8BrCl2NO3S/c1-6(12)5-14-10(15)7-2-8(11)4-9(3-7)18(13,16)17/h2-4H,1,5H2,(H,14,15). The third-order valence-electron chi connectivity index (χ3n) is 1.86. The largest absolute Gasteiger partial charge is 0.347 e. The fraction of sp³-hybridized carbons (Fsp3) is 0.100. The Hall–Kier alpha value is -0.560. The second kappa shape index (κ2) is 6.06. The first-order valence-corrected chi connectivity index (χ1v) is 8.05. The average Bonchev–Trinajstić information content (AvgIpc) is 2.23. The van der Waals surface area contributed by atoms with Gasteiger partial charge in [-0.2, -0.15) is 0 Å². The second-order valence-electron chi connectivity index (χ2n) is 3.31. The van der Waals surface area contributed by atoms with Crippen LogP contribution in [0.4, 0.5) is 0 Å². The number of carbonyl (C=O) groups excluding carboxylic acids is 1. The molecule has 0 aliphatic heterocycles. The number of amides is 1. The second-order valence-corrected chi connectivity index (χ2v) is 7.33. The molecule has 0 saturated heterocycles. The monoisotopic (exact) mass is 371 g/mol. The van der Waals surface area contributed by atoms with Crippen LogP contribution in [0.5, 0.6) is 0 Å². The zero-order chi connectivity index (χ0) is 13.9. The summed E-state index contributed by atoms with van der Waals surface area (Å²) in [7, 11) is 1.33. The molecule has 1 aromatic carbocycles. The van der Waals surface area contributed by atoms with Crippen LogP contribution in [0.2, 0.25) is 0 Å². The highest BCUT2D eigenvalue weighted by Gasteiger charge is 2.15. The zero-order valence-electron chi connectivity index (χ0n) is 8.91. The zero-order valence-corrected chi connectivity index (χ0v) is 12.8. The Bertz CT molecular complexity index is 601. The van der Waals surface area contributed by atoms with Crippen molar-refractivity contribution in [1.29, 1.82) is 0 Å². The summed E-state index contributed by atoms with van der Waals surface area (Å²) in [5.41, 5.74) is 0.154. The molecule has 0 radical (unpaired) electrons. The van der Waals surface area contributed by atoms with Crippen LogP contribution in [0.3, 0.4) is 0 Å². The third-order valence-corrected chi connectivity index (χ3v) is 3.78. The fourth-order valence-electron chi connectivity index (χ4n) is 1.11. The van der Waals surface area contributed by atoms with Crippen LogP contribution < -0.4 is 5.32 Å². The van der Waals surface area contributed by atoms with Gasteiger partial charge in [0.25, 0.3) is 15.0 Å². The smallest absolute Gasteiger partial charge is 0.261 e. The molecule has 1 amide bonds. The predicted molar refractivity (Wildman–Crippen MR) is 74.5 cm³/mol. The molecule has 1 aromatic rings. The summed E-state index contributed by atoms with van der Waals surface area (Å²) in [5.74, 6) is -0.473. The molecule has 1 rings (SSSR count). The van der Waals surface area contributed by atoms with Crippen molar-refractivity contribution in [3.05, 3.63) is 39.8 Å². The molecule has 8 heteroatoms. The SMILES string of the molecule is C=C(Cl)CNC(=O)c1cc(Br)cc(S(=O)(=O)Cl)c1. The van der Waals surface area contributed by atoms with E-state index in [1.54, 1.807) is 0 Å². The first-order valence-electron chi connectivity index (χ1n) is 4.57. The van der Waals surface area contributed by atoms with Gasteiger partial charge in [-0.05, 0) is 18.2 Å². The van der Waals surface area contributed by atoms with Gasteiger partial charge in [0.2, 0.25) is 0 Å². The lowest BCUT2D eigenvalue weighted by atomic mass is 10.2. The predicted octanol–water partition coefficient (Wildman–Crippen LogP) is 2.86. The van der Waals surface area contributed by atoms with Crippen molar-refractivity contribution >= 4 is 53.2 Å². The molecular weight excluding hydrogens is 365 g/mol. The number of carbonyl (C=O) groups is 1. The molecule has 0 bridgehead atoms. The molecule has 0 unspecified atom stereocenters. The van der Waals surface area contributed by atoms with Crippen LogP contribution in [0.1, 0.15) is 10.4 Å². The summed E-state index contributed by atoms with van der Waals surface area (Å²) < 4.78 is 22.8. The minimum absolute atomic E-state index is 0.0931. The van der Waals surface area contributed by atoms with E-state index < -0.39 is 15.0 Å². The van der Waals surface area contributed by atoms with Gasteiger partial charge in [0, 0.05) is 25.8 Å². The summed E-state index contributed by atoms with van der Waals surface area (Å²) in [4.78, 5) is 11.6. The van der Waals surface area contributed by atoms with Gasteiger partial charge in [0.1, 0.15) is 0 Å². The van der Waals surface area contributed by atoms with E-state index in [1.807, 2.05) is 0 Å². The average molecular weight is 373 g/mol. The Balaban J connectivity index is 3.07.